The fourth-order valence-electron chi connectivity index (χ4n) is 2.81. The van der Waals surface area contributed by atoms with Crippen molar-refractivity contribution in [1.29, 1.82) is 0 Å². The number of benzene rings is 2. The molecule has 1 aliphatic carbocycles. The number of nitrogens with two attached hydrogens (primary N) is 1. The zero-order chi connectivity index (χ0) is 14.8. The second kappa shape index (κ2) is 5.44. The standard InChI is InChI=1S/C16H16N2O3/c17-13-8-4-10-15(16(13)18(19)20)21-14-9-3-6-11-5-1-2-7-12(11)14/h1-2,4-5,7-8,10,14H,3,6,9,17H2. The summed E-state index contributed by atoms with van der Waals surface area (Å²) in [7, 11) is 0. The van der Waals surface area contributed by atoms with E-state index in [1.54, 1.807) is 12.1 Å². The SMILES string of the molecule is Nc1cccc(OC2CCCc3ccccc32)c1[N+](=O)[O-]. The highest BCUT2D eigenvalue weighted by Gasteiger charge is 2.26. The molecule has 2 N–H and O–H groups in total. The molecule has 1 atom stereocenters. The molecule has 0 amide bonds. The van der Waals surface area contributed by atoms with Crippen molar-refractivity contribution in [3.63, 3.8) is 0 Å². The molecule has 0 aliphatic heterocycles. The molecule has 108 valence electrons. The average molecular weight is 284 g/mol. The van der Waals surface area contributed by atoms with Gasteiger partial charge in [-0.2, -0.15) is 0 Å². The number of nitrogen functional groups attached to an aromatic ring is 1. The zero-order valence-corrected chi connectivity index (χ0v) is 11.5. The first-order valence-electron chi connectivity index (χ1n) is 6.94. The van der Waals surface area contributed by atoms with Crippen molar-refractivity contribution in [1.82, 2.24) is 0 Å². The first-order valence-corrected chi connectivity index (χ1v) is 6.94. The van der Waals surface area contributed by atoms with Crippen LogP contribution in [0.2, 0.25) is 0 Å². The summed E-state index contributed by atoms with van der Waals surface area (Å²) in [6.07, 6.45) is 2.73. The van der Waals surface area contributed by atoms with E-state index >= 15 is 0 Å². The highest BCUT2D eigenvalue weighted by atomic mass is 16.6. The highest BCUT2D eigenvalue weighted by molar-refractivity contribution is 5.65. The Bertz CT molecular complexity index is 685. The van der Waals surface area contributed by atoms with Crippen LogP contribution in [0.25, 0.3) is 0 Å². The van der Waals surface area contributed by atoms with E-state index in [4.69, 9.17) is 10.5 Å². The molecule has 0 saturated carbocycles. The van der Waals surface area contributed by atoms with Gasteiger partial charge in [0.25, 0.3) is 0 Å². The van der Waals surface area contributed by atoms with Crippen LogP contribution in [0.1, 0.15) is 30.1 Å². The molecule has 1 aliphatic rings. The number of rotatable bonds is 3. The fraction of sp³-hybridized carbons (Fsp3) is 0.250. The largest absolute Gasteiger partial charge is 0.479 e. The van der Waals surface area contributed by atoms with Gasteiger partial charge >= 0.3 is 5.69 Å². The quantitative estimate of drug-likeness (QED) is 0.530. The Morgan fingerprint density at radius 2 is 2.00 bits per heavy atom. The molecule has 0 heterocycles. The van der Waals surface area contributed by atoms with Crippen LogP contribution in [-0.4, -0.2) is 4.92 Å². The molecule has 0 spiro atoms. The molecule has 0 radical (unpaired) electrons. The number of aryl methyl sites for hydroxylation is 1. The van der Waals surface area contributed by atoms with Crippen molar-refractivity contribution < 1.29 is 9.66 Å². The summed E-state index contributed by atoms with van der Waals surface area (Å²) in [5.74, 6) is 0.238. The van der Waals surface area contributed by atoms with E-state index in [1.165, 1.54) is 11.6 Å². The van der Waals surface area contributed by atoms with Crippen LogP contribution >= 0.6 is 0 Å². The van der Waals surface area contributed by atoms with Crippen LogP contribution < -0.4 is 10.5 Å². The van der Waals surface area contributed by atoms with Gasteiger partial charge in [0.2, 0.25) is 0 Å². The van der Waals surface area contributed by atoms with E-state index in [1.807, 2.05) is 18.2 Å². The molecule has 5 heteroatoms. The van der Waals surface area contributed by atoms with Gasteiger partial charge in [0.05, 0.1) is 4.92 Å². The van der Waals surface area contributed by atoms with Crippen molar-refractivity contribution >= 4 is 11.4 Å². The summed E-state index contributed by atoms with van der Waals surface area (Å²) in [5, 5.41) is 11.2. The lowest BCUT2D eigenvalue weighted by Gasteiger charge is -2.26. The van der Waals surface area contributed by atoms with Gasteiger partial charge in [0.1, 0.15) is 11.8 Å². The third kappa shape index (κ3) is 2.54. The van der Waals surface area contributed by atoms with Crippen LogP contribution in [0.5, 0.6) is 5.75 Å². The van der Waals surface area contributed by atoms with Gasteiger partial charge < -0.3 is 10.5 Å². The van der Waals surface area contributed by atoms with Crippen LogP contribution in [0.4, 0.5) is 11.4 Å². The predicted octanol–water partition coefficient (Wildman–Crippen LogP) is 3.63. The molecule has 21 heavy (non-hydrogen) atoms. The van der Waals surface area contributed by atoms with E-state index < -0.39 is 4.92 Å². The molecule has 0 bridgehead atoms. The zero-order valence-electron chi connectivity index (χ0n) is 11.5. The molecule has 3 rings (SSSR count). The number of hydrogen-bond acceptors (Lipinski definition) is 4. The third-order valence-corrected chi connectivity index (χ3v) is 3.80. The van der Waals surface area contributed by atoms with Crippen LogP contribution in [-0.2, 0) is 6.42 Å². The Morgan fingerprint density at radius 1 is 1.19 bits per heavy atom. The summed E-state index contributed by atoms with van der Waals surface area (Å²) >= 11 is 0. The lowest BCUT2D eigenvalue weighted by molar-refractivity contribution is -0.385. The van der Waals surface area contributed by atoms with E-state index in [0.717, 1.165) is 24.8 Å². The van der Waals surface area contributed by atoms with E-state index in [2.05, 4.69) is 6.07 Å². The van der Waals surface area contributed by atoms with Crippen molar-refractivity contribution in [2.24, 2.45) is 0 Å². The summed E-state index contributed by atoms with van der Waals surface area (Å²) in [5.41, 5.74) is 8.04. The summed E-state index contributed by atoms with van der Waals surface area (Å²) in [6, 6.07) is 12.9. The first-order chi connectivity index (χ1) is 10.2. The minimum atomic E-state index is -0.487. The number of fused-ring (bicyclic) bond motifs is 1. The Hall–Kier alpha value is -2.56. The van der Waals surface area contributed by atoms with Crippen molar-refractivity contribution in [3.8, 4) is 5.75 Å². The van der Waals surface area contributed by atoms with E-state index in [9.17, 15) is 10.1 Å². The lowest BCUT2D eigenvalue weighted by atomic mass is 9.89. The monoisotopic (exact) mass is 284 g/mol. The van der Waals surface area contributed by atoms with Crippen LogP contribution in [0.15, 0.2) is 42.5 Å². The van der Waals surface area contributed by atoms with Gasteiger partial charge in [-0.25, -0.2) is 0 Å². The van der Waals surface area contributed by atoms with Crippen molar-refractivity contribution in [2.75, 3.05) is 5.73 Å². The maximum absolute atomic E-state index is 11.2. The van der Waals surface area contributed by atoms with E-state index in [0.29, 0.717) is 0 Å². The van der Waals surface area contributed by atoms with Gasteiger partial charge in [-0.15, -0.1) is 0 Å². The average Bonchev–Trinajstić information content (AvgIpc) is 2.47. The van der Waals surface area contributed by atoms with Crippen molar-refractivity contribution in [3.05, 3.63) is 63.7 Å². The minimum Gasteiger partial charge on any atom is -0.479 e. The molecule has 2 aromatic carbocycles. The second-order valence-electron chi connectivity index (χ2n) is 5.15. The number of para-hydroxylation sites is 1. The van der Waals surface area contributed by atoms with Gasteiger partial charge in [0, 0.05) is 0 Å². The summed E-state index contributed by atoms with van der Waals surface area (Å²) in [4.78, 5) is 10.7. The van der Waals surface area contributed by atoms with E-state index in [-0.39, 0.29) is 23.2 Å². The maximum atomic E-state index is 11.2. The predicted molar refractivity (Wildman–Crippen MR) is 80.3 cm³/mol. The Balaban J connectivity index is 1.96. The summed E-state index contributed by atoms with van der Waals surface area (Å²) < 4.78 is 5.93. The number of nitro benzene ring substituents is 1. The number of ether oxygens (including phenoxy) is 1. The number of hydrogen-bond donors (Lipinski definition) is 1. The van der Waals surface area contributed by atoms with Gasteiger partial charge in [-0.05, 0) is 42.5 Å². The van der Waals surface area contributed by atoms with Gasteiger partial charge in [-0.3, -0.25) is 10.1 Å². The fourth-order valence-corrected chi connectivity index (χ4v) is 2.81. The van der Waals surface area contributed by atoms with Crippen LogP contribution in [0, 0.1) is 10.1 Å². The van der Waals surface area contributed by atoms with Crippen molar-refractivity contribution in [2.45, 2.75) is 25.4 Å². The van der Waals surface area contributed by atoms with Gasteiger partial charge in [0.15, 0.2) is 5.75 Å². The normalized spacial score (nSPS) is 17.0. The minimum absolute atomic E-state index is 0.126. The number of anilines is 1. The molecule has 2 aromatic rings. The Labute approximate surface area is 122 Å². The third-order valence-electron chi connectivity index (χ3n) is 3.80. The summed E-state index contributed by atoms with van der Waals surface area (Å²) in [6.45, 7) is 0. The molecule has 0 saturated heterocycles. The lowest BCUT2D eigenvalue weighted by Crippen LogP contribution is -2.15. The Kier molecular flexibility index (Phi) is 3.48. The Morgan fingerprint density at radius 3 is 2.81 bits per heavy atom. The number of nitro groups is 1. The maximum Gasteiger partial charge on any atom is 0.333 e. The molecule has 0 aromatic heterocycles. The molecule has 0 fully saturated rings. The molecular formula is C16H16N2O3. The molecular weight excluding hydrogens is 268 g/mol. The molecule has 5 nitrogen and oxygen atoms in total. The topological polar surface area (TPSA) is 78.4 Å². The highest BCUT2D eigenvalue weighted by Crippen LogP contribution is 2.39. The first kappa shape index (κ1) is 13.4. The molecule has 1 unspecified atom stereocenters. The number of nitrogens with zero attached hydrogens (tertiary/aromatic N) is 1. The second-order valence-corrected chi connectivity index (χ2v) is 5.15. The smallest absolute Gasteiger partial charge is 0.333 e. The van der Waals surface area contributed by atoms with Gasteiger partial charge in [-0.1, -0.05) is 30.3 Å². The van der Waals surface area contributed by atoms with Crippen LogP contribution in [0.3, 0.4) is 0 Å².